The highest BCUT2D eigenvalue weighted by Gasteiger charge is 2.16. The number of rotatable bonds is 1. The molecule has 1 heterocycles. The molecular formula is C11H7F3N2. The van der Waals surface area contributed by atoms with Crippen LogP contribution < -0.4 is 0 Å². The third-order valence-corrected chi connectivity index (χ3v) is 2.07. The highest BCUT2D eigenvalue weighted by atomic mass is 19.2. The van der Waals surface area contributed by atoms with E-state index in [0.717, 1.165) is 12.1 Å². The first kappa shape index (κ1) is 10.6. The van der Waals surface area contributed by atoms with Gasteiger partial charge in [0.05, 0.1) is 5.56 Å². The van der Waals surface area contributed by atoms with E-state index in [1.807, 2.05) is 0 Å². The van der Waals surface area contributed by atoms with Crippen molar-refractivity contribution >= 4 is 0 Å². The predicted octanol–water partition coefficient (Wildman–Crippen LogP) is 2.87. The SMILES string of the molecule is Cc1ccnc(-c2ccc(F)c(F)c2F)n1. The van der Waals surface area contributed by atoms with Gasteiger partial charge in [0.1, 0.15) is 0 Å². The summed E-state index contributed by atoms with van der Waals surface area (Å²) in [7, 11) is 0. The Labute approximate surface area is 89.8 Å². The molecule has 2 rings (SSSR count). The van der Waals surface area contributed by atoms with Gasteiger partial charge in [0.25, 0.3) is 0 Å². The Balaban J connectivity index is 2.61. The Morgan fingerprint density at radius 1 is 1.00 bits per heavy atom. The van der Waals surface area contributed by atoms with E-state index in [4.69, 9.17) is 0 Å². The second kappa shape index (κ2) is 3.92. The number of nitrogens with zero attached hydrogens (tertiary/aromatic N) is 2. The van der Waals surface area contributed by atoms with E-state index in [2.05, 4.69) is 9.97 Å². The molecule has 2 aromatic rings. The molecule has 0 amide bonds. The van der Waals surface area contributed by atoms with Crippen LogP contribution in [0.2, 0.25) is 0 Å². The minimum atomic E-state index is -1.51. The molecule has 0 N–H and O–H groups in total. The van der Waals surface area contributed by atoms with Crippen LogP contribution in [0.15, 0.2) is 24.4 Å². The maximum atomic E-state index is 13.4. The van der Waals surface area contributed by atoms with Crippen LogP contribution in [0.5, 0.6) is 0 Å². The zero-order valence-corrected chi connectivity index (χ0v) is 8.34. The van der Waals surface area contributed by atoms with Gasteiger partial charge in [-0.2, -0.15) is 0 Å². The molecule has 0 fully saturated rings. The topological polar surface area (TPSA) is 25.8 Å². The van der Waals surface area contributed by atoms with E-state index in [9.17, 15) is 13.2 Å². The van der Waals surface area contributed by atoms with Crippen LogP contribution in [0, 0.1) is 24.4 Å². The first-order chi connectivity index (χ1) is 7.59. The average molecular weight is 224 g/mol. The van der Waals surface area contributed by atoms with Crippen molar-refractivity contribution in [3.63, 3.8) is 0 Å². The van der Waals surface area contributed by atoms with Crippen molar-refractivity contribution < 1.29 is 13.2 Å². The molecule has 16 heavy (non-hydrogen) atoms. The first-order valence-corrected chi connectivity index (χ1v) is 4.53. The number of aryl methyl sites for hydroxylation is 1. The predicted molar refractivity (Wildman–Crippen MR) is 52.1 cm³/mol. The fraction of sp³-hybridized carbons (Fsp3) is 0.0909. The molecule has 0 aliphatic rings. The van der Waals surface area contributed by atoms with E-state index >= 15 is 0 Å². The van der Waals surface area contributed by atoms with Crippen molar-refractivity contribution in [2.75, 3.05) is 0 Å². The van der Waals surface area contributed by atoms with Gasteiger partial charge in [0.15, 0.2) is 23.3 Å². The van der Waals surface area contributed by atoms with E-state index in [0.29, 0.717) is 5.69 Å². The summed E-state index contributed by atoms with van der Waals surface area (Å²) in [6.07, 6.45) is 1.43. The minimum absolute atomic E-state index is 0.0383. The van der Waals surface area contributed by atoms with Gasteiger partial charge in [-0.3, -0.25) is 0 Å². The molecule has 5 heteroatoms. The molecule has 1 aromatic carbocycles. The summed E-state index contributed by atoms with van der Waals surface area (Å²) >= 11 is 0. The lowest BCUT2D eigenvalue weighted by Crippen LogP contribution is -1.98. The van der Waals surface area contributed by atoms with Crippen molar-refractivity contribution in [3.8, 4) is 11.4 Å². The molecule has 0 aliphatic heterocycles. The smallest absolute Gasteiger partial charge is 0.195 e. The fourth-order valence-electron chi connectivity index (χ4n) is 1.28. The quantitative estimate of drug-likeness (QED) is 0.696. The Morgan fingerprint density at radius 2 is 1.75 bits per heavy atom. The lowest BCUT2D eigenvalue weighted by atomic mass is 10.2. The maximum Gasteiger partial charge on any atom is 0.195 e. The lowest BCUT2D eigenvalue weighted by Gasteiger charge is -2.03. The van der Waals surface area contributed by atoms with Gasteiger partial charge in [-0.1, -0.05) is 0 Å². The number of halogens is 3. The number of benzene rings is 1. The van der Waals surface area contributed by atoms with Crippen molar-refractivity contribution in [2.24, 2.45) is 0 Å². The number of hydrogen-bond donors (Lipinski definition) is 0. The highest BCUT2D eigenvalue weighted by molar-refractivity contribution is 5.55. The van der Waals surface area contributed by atoms with Crippen molar-refractivity contribution in [1.82, 2.24) is 9.97 Å². The third kappa shape index (κ3) is 1.76. The van der Waals surface area contributed by atoms with Crippen LogP contribution in [-0.2, 0) is 0 Å². The van der Waals surface area contributed by atoms with Crippen LogP contribution >= 0.6 is 0 Å². The van der Waals surface area contributed by atoms with Crippen LogP contribution in [0.3, 0.4) is 0 Å². The average Bonchev–Trinajstić information content (AvgIpc) is 2.26. The summed E-state index contributed by atoms with van der Waals surface area (Å²) in [4.78, 5) is 7.74. The standard InChI is InChI=1S/C11H7F3N2/c1-6-4-5-15-11(16-6)7-2-3-8(12)10(14)9(7)13/h2-5H,1H3. The molecule has 0 radical (unpaired) electrons. The van der Waals surface area contributed by atoms with Crippen molar-refractivity contribution in [2.45, 2.75) is 6.92 Å². The molecule has 0 saturated heterocycles. The van der Waals surface area contributed by atoms with E-state index in [1.54, 1.807) is 13.0 Å². The molecule has 2 nitrogen and oxygen atoms in total. The van der Waals surface area contributed by atoms with Gasteiger partial charge in [-0.25, -0.2) is 23.1 Å². The highest BCUT2D eigenvalue weighted by Crippen LogP contribution is 2.22. The van der Waals surface area contributed by atoms with Crippen molar-refractivity contribution in [1.29, 1.82) is 0 Å². The maximum absolute atomic E-state index is 13.4. The molecule has 0 unspecified atom stereocenters. The Kier molecular flexibility index (Phi) is 2.60. The molecule has 0 bridgehead atoms. The molecule has 0 atom stereocenters. The van der Waals surface area contributed by atoms with Crippen LogP contribution in [-0.4, -0.2) is 9.97 Å². The number of hydrogen-bond acceptors (Lipinski definition) is 2. The Morgan fingerprint density at radius 3 is 2.44 bits per heavy atom. The molecule has 0 spiro atoms. The summed E-state index contributed by atoms with van der Waals surface area (Å²) in [5, 5.41) is 0. The van der Waals surface area contributed by atoms with Gasteiger partial charge in [-0.15, -0.1) is 0 Å². The van der Waals surface area contributed by atoms with Crippen LogP contribution in [0.25, 0.3) is 11.4 Å². The summed E-state index contributed by atoms with van der Waals surface area (Å²) in [5.41, 5.74) is 0.469. The van der Waals surface area contributed by atoms with Gasteiger partial charge < -0.3 is 0 Å². The van der Waals surface area contributed by atoms with E-state index in [-0.39, 0.29) is 11.4 Å². The summed E-state index contributed by atoms with van der Waals surface area (Å²) in [5.74, 6) is -3.97. The first-order valence-electron chi connectivity index (χ1n) is 4.53. The van der Waals surface area contributed by atoms with E-state index < -0.39 is 17.5 Å². The molecule has 82 valence electrons. The summed E-state index contributed by atoms with van der Waals surface area (Å²) in [6.45, 7) is 1.70. The van der Waals surface area contributed by atoms with Crippen LogP contribution in [0.4, 0.5) is 13.2 Å². The summed E-state index contributed by atoms with van der Waals surface area (Å²) < 4.78 is 39.1. The van der Waals surface area contributed by atoms with Gasteiger partial charge >= 0.3 is 0 Å². The number of aromatic nitrogens is 2. The van der Waals surface area contributed by atoms with Gasteiger partial charge in [-0.05, 0) is 25.1 Å². The van der Waals surface area contributed by atoms with E-state index in [1.165, 1.54) is 6.20 Å². The van der Waals surface area contributed by atoms with Crippen LogP contribution in [0.1, 0.15) is 5.69 Å². The zero-order valence-electron chi connectivity index (χ0n) is 8.34. The van der Waals surface area contributed by atoms with Gasteiger partial charge in [0.2, 0.25) is 0 Å². The lowest BCUT2D eigenvalue weighted by molar-refractivity contribution is 0.448. The second-order valence-electron chi connectivity index (χ2n) is 3.24. The van der Waals surface area contributed by atoms with Gasteiger partial charge in [0, 0.05) is 11.9 Å². The van der Waals surface area contributed by atoms with Crippen molar-refractivity contribution in [3.05, 3.63) is 47.5 Å². The Hall–Kier alpha value is -1.91. The zero-order chi connectivity index (χ0) is 11.7. The fourth-order valence-corrected chi connectivity index (χ4v) is 1.28. The molecule has 0 aliphatic carbocycles. The summed E-state index contributed by atoms with van der Waals surface area (Å²) in [6, 6.07) is 3.59. The largest absolute Gasteiger partial charge is 0.236 e. The molecule has 0 saturated carbocycles. The Bertz CT molecular complexity index is 541. The molecule has 1 aromatic heterocycles. The third-order valence-electron chi connectivity index (χ3n) is 2.07. The minimum Gasteiger partial charge on any atom is -0.236 e. The molecular weight excluding hydrogens is 217 g/mol. The second-order valence-corrected chi connectivity index (χ2v) is 3.24. The normalized spacial score (nSPS) is 10.5. The monoisotopic (exact) mass is 224 g/mol.